The molecule has 0 amide bonds. The first-order valence-electron chi connectivity index (χ1n) is 6.25. The zero-order chi connectivity index (χ0) is 14.9. The van der Waals surface area contributed by atoms with Crippen LogP contribution in [0.5, 0.6) is 11.6 Å². The zero-order valence-electron chi connectivity index (χ0n) is 11.2. The predicted molar refractivity (Wildman–Crippen MR) is 75.0 cm³/mol. The molecule has 0 unspecified atom stereocenters. The summed E-state index contributed by atoms with van der Waals surface area (Å²) in [4.78, 5) is 0.171. The molecular formula is C13H13N3O4S. The van der Waals surface area contributed by atoms with Crippen molar-refractivity contribution in [1.82, 2.24) is 10.2 Å². The molecule has 3 rings (SSSR count). The highest BCUT2D eigenvalue weighted by Crippen LogP contribution is 2.28. The zero-order valence-corrected chi connectivity index (χ0v) is 12.1. The average molecular weight is 307 g/mol. The Morgan fingerprint density at radius 1 is 1.24 bits per heavy atom. The third-order valence-electron chi connectivity index (χ3n) is 3.06. The molecule has 8 heteroatoms. The minimum Gasteiger partial charge on any atom is -0.493 e. The highest BCUT2D eigenvalue weighted by atomic mass is 32.2. The van der Waals surface area contributed by atoms with Crippen LogP contribution in [0.2, 0.25) is 0 Å². The van der Waals surface area contributed by atoms with Crippen molar-refractivity contribution in [1.29, 1.82) is 0 Å². The molecule has 2 aromatic rings. The van der Waals surface area contributed by atoms with Crippen LogP contribution < -0.4 is 14.2 Å². The molecule has 1 aliphatic heterocycles. The van der Waals surface area contributed by atoms with Gasteiger partial charge in [-0.15, -0.1) is 10.2 Å². The maximum Gasteiger partial charge on any atom is 0.263 e. The Labute approximate surface area is 122 Å². The van der Waals surface area contributed by atoms with Crippen molar-refractivity contribution in [2.24, 2.45) is 0 Å². The van der Waals surface area contributed by atoms with Crippen LogP contribution >= 0.6 is 0 Å². The first-order chi connectivity index (χ1) is 10.1. The van der Waals surface area contributed by atoms with Crippen LogP contribution in [0.25, 0.3) is 0 Å². The molecule has 0 saturated heterocycles. The van der Waals surface area contributed by atoms with E-state index in [1.54, 1.807) is 12.1 Å². The van der Waals surface area contributed by atoms with E-state index >= 15 is 0 Å². The van der Waals surface area contributed by atoms with Crippen LogP contribution in [0, 0.1) is 0 Å². The maximum absolute atomic E-state index is 12.3. The van der Waals surface area contributed by atoms with Gasteiger partial charge in [0.1, 0.15) is 5.75 Å². The Morgan fingerprint density at radius 3 is 2.81 bits per heavy atom. The largest absolute Gasteiger partial charge is 0.493 e. The number of methoxy groups -OCH3 is 1. The molecule has 1 N–H and O–H groups in total. The molecule has 1 aromatic heterocycles. The summed E-state index contributed by atoms with van der Waals surface area (Å²) in [5.74, 6) is 1.18. The number of rotatable bonds is 4. The van der Waals surface area contributed by atoms with Crippen molar-refractivity contribution in [3.05, 3.63) is 35.9 Å². The van der Waals surface area contributed by atoms with Crippen molar-refractivity contribution in [3.8, 4) is 11.6 Å². The summed E-state index contributed by atoms with van der Waals surface area (Å²) >= 11 is 0. The lowest BCUT2D eigenvalue weighted by Gasteiger charge is -2.08. The minimum atomic E-state index is -3.70. The Morgan fingerprint density at radius 2 is 2.10 bits per heavy atom. The molecule has 0 aliphatic carbocycles. The highest BCUT2D eigenvalue weighted by Gasteiger charge is 2.19. The number of aromatic nitrogens is 2. The van der Waals surface area contributed by atoms with Crippen LogP contribution in [-0.4, -0.2) is 32.3 Å². The first-order valence-corrected chi connectivity index (χ1v) is 7.73. The average Bonchev–Trinajstić information content (AvgIpc) is 2.95. The minimum absolute atomic E-state index is 0.132. The Balaban J connectivity index is 1.86. The second-order valence-electron chi connectivity index (χ2n) is 4.43. The van der Waals surface area contributed by atoms with Crippen LogP contribution in [0.4, 0.5) is 5.82 Å². The Hall–Kier alpha value is -2.35. The van der Waals surface area contributed by atoms with Crippen LogP contribution in [0.3, 0.4) is 0 Å². The molecule has 0 radical (unpaired) electrons. The van der Waals surface area contributed by atoms with Gasteiger partial charge in [-0.1, -0.05) is 0 Å². The summed E-state index contributed by atoms with van der Waals surface area (Å²) in [6, 6.07) is 7.79. The fourth-order valence-corrected chi connectivity index (χ4v) is 3.06. The van der Waals surface area contributed by atoms with E-state index in [9.17, 15) is 8.42 Å². The van der Waals surface area contributed by atoms with E-state index in [0.717, 1.165) is 11.3 Å². The summed E-state index contributed by atoms with van der Waals surface area (Å²) in [6.45, 7) is 0.580. The molecule has 1 aromatic carbocycles. The van der Waals surface area contributed by atoms with Gasteiger partial charge in [-0.2, -0.15) is 0 Å². The summed E-state index contributed by atoms with van der Waals surface area (Å²) in [7, 11) is -2.24. The van der Waals surface area contributed by atoms with E-state index < -0.39 is 10.0 Å². The van der Waals surface area contributed by atoms with Gasteiger partial charge in [0, 0.05) is 12.5 Å². The van der Waals surface area contributed by atoms with Gasteiger partial charge in [0.15, 0.2) is 5.82 Å². The van der Waals surface area contributed by atoms with Gasteiger partial charge in [-0.3, -0.25) is 4.72 Å². The van der Waals surface area contributed by atoms with Crippen molar-refractivity contribution in [3.63, 3.8) is 0 Å². The van der Waals surface area contributed by atoms with Crippen LogP contribution in [0.15, 0.2) is 35.2 Å². The third kappa shape index (κ3) is 2.75. The highest BCUT2D eigenvalue weighted by molar-refractivity contribution is 7.92. The van der Waals surface area contributed by atoms with E-state index in [2.05, 4.69) is 14.9 Å². The number of nitrogens with zero attached hydrogens (tertiary/aromatic N) is 2. The van der Waals surface area contributed by atoms with Gasteiger partial charge < -0.3 is 9.47 Å². The SMILES string of the molecule is COc1ccc(NS(=O)(=O)c2ccc3c(c2)CCO3)nn1. The van der Waals surface area contributed by atoms with Gasteiger partial charge in [-0.25, -0.2) is 8.42 Å². The molecule has 0 bridgehead atoms. The van der Waals surface area contributed by atoms with E-state index in [4.69, 9.17) is 9.47 Å². The van der Waals surface area contributed by atoms with Crippen molar-refractivity contribution < 1.29 is 17.9 Å². The van der Waals surface area contributed by atoms with Gasteiger partial charge in [0.05, 0.1) is 18.6 Å². The second-order valence-corrected chi connectivity index (χ2v) is 6.12. The standard InChI is InChI=1S/C13H13N3O4S/c1-19-13-5-4-12(14-15-13)16-21(17,18)10-2-3-11-9(8-10)6-7-20-11/h2-5,8H,6-7H2,1H3,(H,14,16). The number of sulfonamides is 1. The molecule has 7 nitrogen and oxygen atoms in total. The molecule has 1 aliphatic rings. The number of hydrogen-bond acceptors (Lipinski definition) is 6. The summed E-state index contributed by atoms with van der Waals surface area (Å²) < 4.78 is 37.2. The second kappa shape index (κ2) is 5.21. The van der Waals surface area contributed by atoms with Gasteiger partial charge in [0.2, 0.25) is 5.88 Å². The number of benzene rings is 1. The maximum atomic E-state index is 12.3. The van der Waals surface area contributed by atoms with E-state index in [1.165, 1.54) is 25.3 Å². The van der Waals surface area contributed by atoms with Gasteiger partial charge in [-0.05, 0) is 29.8 Å². The normalized spacial score (nSPS) is 13.4. The number of ether oxygens (including phenoxy) is 2. The van der Waals surface area contributed by atoms with Crippen LogP contribution in [0.1, 0.15) is 5.56 Å². The molecule has 0 fully saturated rings. The lowest BCUT2D eigenvalue weighted by molar-refractivity contribution is 0.356. The molecule has 21 heavy (non-hydrogen) atoms. The Kier molecular flexibility index (Phi) is 3.38. The molecule has 0 saturated carbocycles. The molecule has 0 spiro atoms. The lowest BCUT2D eigenvalue weighted by Crippen LogP contribution is -2.14. The first kappa shape index (κ1) is 13.6. The number of fused-ring (bicyclic) bond motifs is 1. The fraction of sp³-hybridized carbons (Fsp3) is 0.231. The van der Waals surface area contributed by atoms with Gasteiger partial charge >= 0.3 is 0 Å². The molecule has 0 atom stereocenters. The lowest BCUT2D eigenvalue weighted by atomic mass is 10.2. The van der Waals surface area contributed by atoms with E-state index in [1.807, 2.05) is 0 Å². The van der Waals surface area contributed by atoms with E-state index in [0.29, 0.717) is 18.9 Å². The number of hydrogen-bond donors (Lipinski definition) is 1. The predicted octanol–water partition coefficient (Wildman–Crippen LogP) is 1.22. The van der Waals surface area contributed by atoms with Crippen molar-refractivity contribution in [2.45, 2.75) is 11.3 Å². The quantitative estimate of drug-likeness (QED) is 0.913. The van der Waals surface area contributed by atoms with E-state index in [-0.39, 0.29) is 10.7 Å². The summed E-state index contributed by atoms with van der Waals surface area (Å²) in [5.41, 5.74) is 0.888. The van der Waals surface area contributed by atoms with Crippen molar-refractivity contribution >= 4 is 15.8 Å². The monoisotopic (exact) mass is 307 g/mol. The topological polar surface area (TPSA) is 90.4 Å². The summed E-state index contributed by atoms with van der Waals surface area (Å²) in [5, 5.41) is 7.46. The third-order valence-corrected chi connectivity index (χ3v) is 4.41. The fourth-order valence-electron chi connectivity index (χ4n) is 2.01. The number of nitrogens with one attached hydrogen (secondary N) is 1. The number of anilines is 1. The molecule has 110 valence electrons. The van der Waals surface area contributed by atoms with Gasteiger partial charge in [0.25, 0.3) is 10.0 Å². The smallest absolute Gasteiger partial charge is 0.263 e. The molecular weight excluding hydrogens is 294 g/mol. The molecule has 2 heterocycles. The van der Waals surface area contributed by atoms with Crippen LogP contribution in [-0.2, 0) is 16.4 Å². The van der Waals surface area contributed by atoms with Crippen molar-refractivity contribution in [2.75, 3.05) is 18.4 Å². The Bertz CT molecular complexity index is 759. The summed E-state index contributed by atoms with van der Waals surface area (Å²) in [6.07, 6.45) is 0.709.